The minimum Gasteiger partial charge on any atom is -0.319 e. The fourth-order valence-electron chi connectivity index (χ4n) is 2.70. The van der Waals surface area contributed by atoms with E-state index in [-0.39, 0.29) is 0 Å². The van der Waals surface area contributed by atoms with Crippen LogP contribution in [-0.2, 0) is 0 Å². The Morgan fingerprint density at radius 2 is 2.44 bits per heavy atom. The molecule has 1 aromatic heterocycles. The van der Waals surface area contributed by atoms with Crippen molar-refractivity contribution in [1.29, 1.82) is 0 Å². The Morgan fingerprint density at radius 3 is 3.00 bits per heavy atom. The van der Waals surface area contributed by atoms with Crippen LogP contribution >= 0.6 is 11.3 Å². The molecule has 0 amide bonds. The normalized spacial score (nSPS) is 26.4. The molecule has 0 aromatic carbocycles. The number of hydrogen-bond acceptors (Lipinski definition) is 4. The lowest BCUT2D eigenvalue weighted by Crippen LogP contribution is -2.29. The Labute approximate surface area is 102 Å². The quantitative estimate of drug-likeness (QED) is 0.871. The minimum absolute atomic E-state index is 0.530. The second kappa shape index (κ2) is 5.25. The molecule has 0 radical (unpaired) electrons. The molecule has 4 heteroatoms. The van der Waals surface area contributed by atoms with Crippen molar-refractivity contribution < 1.29 is 0 Å². The Kier molecular flexibility index (Phi) is 3.95. The summed E-state index contributed by atoms with van der Waals surface area (Å²) >= 11 is 1.77. The molecule has 3 nitrogen and oxygen atoms in total. The van der Waals surface area contributed by atoms with E-state index >= 15 is 0 Å². The van der Waals surface area contributed by atoms with E-state index in [1.54, 1.807) is 11.3 Å². The molecule has 0 spiro atoms. The Bertz CT molecular complexity index is 337. The monoisotopic (exact) mass is 239 g/mol. The summed E-state index contributed by atoms with van der Waals surface area (Å²) in [5.41, 5.74) is 1.28. The molecular formula is C12H21N3S. The van der Waals surface area contributed by atoms with E-state index in [0.29, 0.717) is 12.0 Å². The third-order valence-electron chi connectivity index (χ3n) is 3.44. The van der Waals surface area contributed by atoms with Crippen LogP contribution in [0, 0.1) is 12.8 Å². The van der Waals surface area contributed by atoms with Crippen LogP contribution in [0.3, 0.4) is 0 Å². The molecule has 0 aliphatic carbocycles. The summed E-state index contributed by atoms with van der Waals surface area (Å²) in [4.78, 5) is 7.22. The number of hydrogen-bond donors (Lipinski definition) is 1. The number of aryl methyl sites for hydroxylation is 1. The van der Waals surface area contributed by atoms with Gasteiger partial charge in [-0.3, -0.25) is 4.90 Å². The fraction of sp³-hybridized carbons (Fsp3) is 0.750. The van der Waals surface area contributed by atoms with Crippen molar-refractivity contribution in [3.8, 4) is 0 Å². The van der Waals surface area contributed by atoms with Gasteiger partial charge >= 0.3 is 0 Å². The number of likely N-dealkylation sites (tertiary alicyclic amines) is 1. The first-order valence-electron chi connectivity index (χ1n) is 6.07. The van der Waals surface area contributed by atoms with E-state index in [4.69, 9.17) is 0 Å². The van der Waals surface area contributed by atoms with Gasteiger partial charge in [0.1, 0.15) is 0 Å². The third-order valence-corrected chi connectivity index (χ3v) is 4.23. The topological polar surface area (TPSA) is 28.2 Å². The first-order valence-corrected chi connectivity index (χ1v) is 6.95. The zero-order valence-electron chi connectivity index (χ0n) is 10.4. The molecule has 2 atom stereocenters. The molecule has 90 valence electrons. The maximum Gasteiger partial charge on any atom is 0.0898 e. The summed E-state index contributed by atoms with van der Waals surface area (Å²) in [6.45, 7) is 7.77. The Morgan fingerprint density at radius 1 is 1.62 bits per heavy atom. The first-order chi connectivity index (χ1) is 7.76. The van der Waals surface area contributed by atoms with Crippen LogP contribution in [-0.4, -0.2) is 36.6 Å². The van der Waals surface area contributed by atoms with Crippen molar-refractivity contribution in [2.75, 3.05) is 26.7 Å². The minimum atomic E-state index is 0.530. The molecule has 1 aliphatic rings. The summed E-state index contributed by atoms with van der Waals surface area (Å²) in [7, 11) is 2.04. The zero-order valence-corrected chi connectivity index (χ0v) is 11.2. The maximum absolute atomic E-state index is 4.67. The van der Waals surface area contributed by atoms with E-state index in [1.807, 2.05) is 7.05 Å². The molecule has 1 aromatic rings. The molecule has 2 heterocycles. The summed E-state index contributed by atoms with van der Waals surface area (Å²) in [6, 6.07) is 0.530. The average Bonchev–Trinajstić information content (AvgIpc) is 2.85. The van der Waals surface area contributed by atoms with E-state index < -0.39 is 0 Å². The van der Waals surface area contributed by atoms with Gasteiger partial charge in [-0.15, -0.1) is 11.3 Å². The Hall–Kier alpha value is -0.450. The molecule has 1 saturated heterocycles. The van der Waals surface area contributed by atoms with Gasteiger partial charge in [-0.1, -0.05) is 6.92 Å². The van der Waals surface area contributed by atoms with Gasteiger partial charge in [0.25, 0.3) is 0 Å². The van der Waals surface area contributed by atoms with Gasteiger partial charge in [0.2, 0.25) is 0 Å². The molecule has 1 fully saturated rings. The highest BCUT2D eigenvalue weighted by Gasteiger charge is 2.35. The summed E-state index contributed by atoms with van der Waals surface area (Å²) in [5, 5.41) is 6.72. The van der Waals surface area contributed by atoms with Gasteiger partial charge < -0.3 is 5.32 Å². The van der Waals surface area contributed by atoms with Crippen LogP contribution in [0.2, 0.25) is 0 Å². The van der Waals surface area contributed by atoms with Crippen LogP contribution in [0.5, 0.6) is 0 Å². The third kappa shape index (κ3) is 2.29. The maximum atomic E-state index is 4.67. The predicted molar refractivity (Wildman–Crippen MR) is 68.9 cm³/mol. The van der Waals surface area contributed by atoms with Gasteiger partial charge in [-0.05, 0) is 45.9 Å². The molecule has 2 unspecified atom stereocenters. The fourth-order valence-corrected chi connectivity index (χ4v) is 3.34. The SMILES string of the molecule is CCN1CCC(CNC)C1c1csc(C)n1. The van der Waals surface area contributed by atoms with Crippen molar-refractivity contribution in [3.63, 3.8) is 0 Å². The van der Waals surface area contributed by atoms with E-state index in [0.717, 1.165) is 13.1 Å². The summed E-state index contributed by atoms with van der Waals surface area (Å²) < 4.78 is 0. The summed E-state index contributed by atoms with van der Waals surface area (Å²) in [6.07, 6.45) is 1.29. The van der Waals surface area contributed by atoms with Crippen molar-refractivity contribution in [2.24, 2.45) is 5.92 Å². The zero-order chi connectivity index (χ0) is 11.5. The highest BCUT2D eigenvalue weighted by atomic mass is 32.1. The molecule has 16 heavy (non-hydrogen) atoms. The van der Waals surface area contributed by atoms with Gasteiger partial charge in [0, 0.05) is 5.38 Å². The van der Waals surface area contributed by atoms with Gasteiger partial charge in [0.05, 0.1) is 16.7 Å². The largest absolute Gasteiger partial charge is 0.319 e. The Balaban J connectivity index is 2.18. The number of nitrogens with one attached hydrogen (secondary N) is 1. The average molecular weight is 239 g/mol. The predicted octanol–water partition coefficient (Wildman–Crippen LogP) is 2.05. The lowest BCUT2D eigenvalue weighted by atomic mass is 9.98. The van der Waals surface area contributed by atoms with Crippen molar-refractivity contribution in [1.82, 2.24) is 15.2 Å². The number of thiazole rings is 1. The lowest BCUT2D eigenvalue weighted by Gasteiger charge is -2.25. The van der Waals surface area contributed by atoms with Gasteiger partial charge in [-0.25, -0.2) is 4.98 Å². The molecule has 1 aliphatic heterocycles. The highest BCUT2D eigenvalue weighted by molar-refractivity contribution is 7.09. The number of nitrogens with zero attached hydrogens (tertiary/aromatic N) is 2. The molecule has 0 saturated carbocycles. The molecule has 0 bridgehead atoms. The molecule has 2 rings (SSSR count). The molecular weight excluding hydrogens is 218 g/mol. The van der Waals surface area contributed by atoms with Crippen molar-refractivity contribution in [3.05, 3.63) is 16.1 Å². The molecule has 1 N–H and O–H groups in total. The van der Waals surface area contributed by atoms with Gasteiger partial charge in [-0.2, -0.15) is 0 Å². The van der Waals surface area contributed by atoms with E-state index in [2.05, 4.69) is 34.4 Å². The number of aromatic nitrogens is 1. The first kappa shape index (κ1) is 12.0. The van der Waals surface area contributed by atoms with E-state index in [9.17, 15) is 0 Å². The van der Waals surface area contributed by atoms with Crippen molar-refractivity contribution >= 4 is 11.3 Å². The van der Waals surface area contributed by atoms with E-state index in [1.165, 1.54) is 23.7 Å². The standard InChI is InChI=1S/C12H21N3S/c1-4-15-6-5-10(7-13-3)12(15)11-8-16-9(2)14-11/h8,10,12-13H,4-7H2,1-3H3. The van der Waals surface area contributed by atoms with Gasteiger partial charge in [0.15, 0.2) is 0 Å². The summed E-state index contributed by atoms with van der Waals surface area (Å²) in [5.74, 6) is 0.714. The smallest absolute Gasteiger partial charge is 0.0898 e. The van der Waals surface area contributed by atoms with Crippen LogP contribution < -0.4 is 5.32 Å². The highest BCUT2D eigenvalue weighted by Crippen LogP contribution is 2.36. The second-order valence-corrected chi connectivity index (χ2v) is 5.53. The van der Waals surface area contributed by atoms with Crippen LogP contribution in [0.4, 0.5) is 0 Å². The lowest BCUT2D eigenvalue weighted by molar-refractivity contribution is 0.234. The van der Waals surface area contributed by atoms with Crippen molar-refractivity contribution in [2.45, 2.75) is 26.3 Å². The second-order valence-electron chi connectivity index (χ2n) is 4.47. The number of rotatable bonds is 4. The van der Waals surface area contributed by atoms with Crippen LogP contribution in [0.25, 0.3) is 0 Å². The van der Waals surface area contributed by atoms with Crippen LogP contribution in [0.1, 0.15) is 30.1 Å². The van der Waals surface area contributed by atoms with Crippen LogP contribution in [0.15, 0.2) is 5.38 Å².